The zero-order valence-electron chi connectivity index (χ0n) is 20.1. The van der Waals surface area contributed by atoms with E-state index in [1.54, 1.807) is 29.3 Å². The number of hydrogen-bond acceptors (Lipinski definition) is 7. The third kappa shape index (κ3) is 5.91. The van der Waals surface area contributed by atoms with E-state index in [0.29, 0.717) is 49.9 Å². The van der Waals surface area contributed by atoms with Crippen molar-refractivity contribution in [2.24, 2.45) is 0 Å². The van der Waals surface area contributed by atoms with Crippen molar-refractivity contribution < 1.29 is 24.2 Å². The van der Waals surface area contributed by atoms with Crippen molar-refractivity contribution in [2.45, 2.75) is 57.0 Å². The molecule has 3 fully saturated rings. The molecule has 1 aromatic heterocycles. The van der Waals surface area contributed by atoms with Gasteiger partial charge in [0.05, 0.1) is 12.1 Å². The van der Waals surface area contributed by atoms with Crippen molar-refractivity contribution in [2.75, 3.05) is 26.2 Å². The van der Waals surface area contributed by atoms with Gasteiger partial charge in [0, 0.05) is 68.4 Å². The number of aliphatic hydroxyl groups is 1. The minimum absolute atomic E-state index is 0.0206. The zero-order valence-corrected chi connectivity index (χ0v) is 20.8. The number of nitrogens with one attached hydrogen (secondary N) is 1. The van der Waals surface area contributed by atoms with Gasteiger partial charge < -0.3 is 24.8 Å². The second kappa shape index (κ2) is 11.0. The highest BCUT2D eigenvalue weighted by molar-refractivity contribution is 6.30. The summed E-state index contributed by atoms with van der Waals surface area (Å²) < 4.78 is 11.6. The summed E-state index contributed by atoms with van der Waals surface area (Å²) in [5.41, 5.74) is 2.13. The Balaban J connectivity index is 1.30. The fourth-order valence-corrected chi connectivity index (χ4v) is 5.09. The molecular formula is C26H31ClN4O5. The van der Waals surface area contributed by atoms with Gasteiger partial charge in [0.15, 0.2) is 0 Å². The maximum Gasteiger partial charge on any atom is 0.410 e. The van der Waals surface area contributed by atoms with E-state index >= 15 is 0 Å². The van der Waals surface area contributed by atoms with Gasteiger partial charge in [0.2, 0.25) is 0 Å². The highest BCUT2D eigenvalue weighted by atomic mass is 35.5. The minimum Gasteiger partial charge on any atom is -0.490 e. The maximum absolute atomic E-state index is 12.9. The summed E-state index contributed by atoms with van der Waals surface area (Å²) in [4.78, 5) is 33.2. The Morgan fingerprint density at radius 3 is 2.75 bits per heavy atom. The van der Waals surface area contributed by atoms with E-state index in [9.17, 15) is 14.7 Å². The number of benzene rings is 1. The molecule has 1 aromatic carbocycles. The molecule has 10 heteroatoms. The fourth-order valence-electron chi connectivity index (χ4n) is 4.96. The standard InChI is InChI=1S/C26H31ClN4O5/c27-19-3-1-17(2-4-19)13-29-25(33)23-12-24(18(14-28-23)15-30-8-5-21(32)6-9-30)36-22-7-10-31-20(11-22)16-35-26(31)34/h1-4,12,14,20-22,32H,5-11,13,15-16H2,(H,29,33)/t20-,22-/m0/s1. The summed E-state index contributed by atoms with van der Waals surface area (Å²) in [6.45, 7) is 3.56. The molecule has 5 rings (SSSR count). The van der Waals surface area contributed by atoms with Crippen molar-refractivity contribution >= 4 is 23.6 Å². The van der Waals surface area contributed by atoms with Crippen LogP contribution in [-0.2, 0) is 17.8 Å². The Bertz CT molecular complexity index is 1090. The summed E-state index contributed by atoms with van der Waals surface area (Å²) in [7, 11) is 0. The molecule has 2 atom stereocenters. The number of piperidine rings is 2. The number of pyridine rings is 1. The van der Waals surface area contributed by atoms with Crippen LogP contribution in [0, 0.1) is 0 Å². The molecule has 0 unspecified atom stereocenters. The van der Waals surface area contributed by atoms with Crippen LogP contribution in [0.3, 0.4) is 0 Å². The first kappa shape index (κ1) is 24.8. The molecule has 3 saturated heterocycles. The maximum atomic E-state index is 12.9. The highest BCUT2D eigenvalue weighted by Gasteiger charge is 2.39. The number of nitrogens with zero attached hydrogens (tertiary/aromatic N) is 3. The van der Waals surface area contributed by atoms with E-state index in [1.807, 2.05) is 12.1 Å². The van der Waals surface area contributed by atoms with Crippen LogP contribution in [0.15, 0.2) is 36.5 Å². The molecule has 2 N–H and O–H groups in total. The van der Waals surface area contributed by atoms with Crippen LogP contribution in [0.4, 0.5) is 4.79 Å². The van der Waals surface area contributed by atoms with Gasteiger partial charge in [0.1, 0.15) is 24.2 Å². The summed E-state index contributed by atoms with van der Waals surface area (Å²) in [5.74, 6) is 0.350. The number of fused-ring (bicyclic) bond motifs is 1. The van der Waals surface area contributed by atoms with Crippen LogP contribution in [0.25, 0.3) is 0 Å². The first-order valence-corrected chi connectivity index (χ1v) is 12.8. The molecule has 192 valence electrons. The fraction of sp³-hybridized carbons (Fsp3) is 0.500. The number of carbonyl (C=O) groups excluding carboxylic acids is 2. The van der Waals surface area contributed by atoms with Crippen molar-refractivity contribution in [3.8, 4) is 5.75 Å². The van der Waals surface area contributed by atoms with Gasteiger partial charge in [-0.15, -0.1) is 0 Å². The quantitative estimate of drug-likeness (QED) is 0.585. The number of carbonyl (C=O) groups is 2. The lowest BCUT2D eigenvalue weighted by atomic mass is 10.0. The predicted octanol–water partition coefficient (Wildman–Crippen LogP) is 2.98. The second-order valence-corrected chi connectivity index (χ2v) is 10.1. The van der Waals surface area contributed by atoms with Crippen LogP contribution in [-0.4, -0.2) is 76.4 Å². The smallest absolute Gasteiger partial charge is 0.410 e. The lowest BCUT2D eigenvalue weighted by molar-refractivity contribution is 0.0757. The van der Waals surface area contributed by atoms with Crippen molar-refractivity contribution in [3.63, 3.8) is 0 Å². The van der Waals surface area contributed by atoms with Gasteiger partial charge in [0.25, 0.3) is 5.91 Å². The number of ether oxygens (including phenoxy) is 2. The number of cyclic esters (lactones) is 1. The lowest BCUT2D eigenvalue weighted by Crippen LogP contribution is -2.44. The monoisotopic (exact) mass is 514 g/mol. The molecular weight excluding hydrogens is 484 g/mol. The van der Waals surface area contributed by atoms with Crippen LogP contribution < -0.4 is 10.1 Å². The zero-order chi connectivity index (χ0) is 25.1. The Morgan fingerprint density at radius 2 is 1.97 bits per heavy atom. The lowest BCUT2D eigenvalue weighted by Gasteiger charge is -2.33. The number of hydrogen-bond donors (Lipinski definition) is 2. The number of amides is 2. The van der Waals surface area contributed by atoms with Gasteiger partial charge >= 0.3 is 6.09 Å². The molecule has 9 nitrogen and oxygen atoms in total. The van der Waals surface area contributed by atoms with E-state index in [2.05, 4.69) is 15.2 Å². The molecule has 0 spiro atoms. The Labute approximate surface area is 215 Å². The van der Waals surface area contributed by atoms with Crippen LogP contribution in [0.2, 0.25) is 5.02 Å². The van der Waals surface area contributed by atoms with Gasteiger partial charge in [-0.25, -0.2) is 4.79 Å². The normalized spacial score (nSPS) is 22.7. The average Bonchev–Trinajstić information content (AvgIpc) is 3.25. The Hall–Kier alpha value is -2.88. The summed E-state index contributed by atoms with van der Waals surface area (Å²) in [6.07, 6.45) is 3.98. The van der Waals surface area contributed by atoms with Gasteiger partial charge in [-0.3, -0.25) is 14.7 Å². The molecule has 0 saturated carbocycles. The third-order valence-electron chi connectivity index (χ3n) is 7.09. The van der Waals surface area contributed by atoms with E-state index in [-0.39, 0.29) is 35.9 Å². The molecule has 0 aliphatic carbocycles. The highest BCUT2D eigenvalue weighted by Crippen LogP contribution is 2.30. The SMILES string of the molecule is O=C(NCc1ccc(Cl)cc1)c1cc(O[C@H]2CCN3C(=O)OC[C@@H]3C2)c(CN2CCC(O)CC2)cn1. The van der Waals surface area contributed by atoms with Gasteiger partial charge in [-0.05, 0) is 30.5 Å². The number of aliphatic hydroxyl groups excluding tert-OH is 1. The summed E-state index contributed by atoms with van der Waals surface area (Å²) in [5, 5.41) is 13.4. The molecule has 2 amide bonds. The molecule has 36 heavy (non-hydrogen) atoms. The topological polar surface area (TPSA) is 104 Å². The van der Waals surface area contributed by atoms with Gasteiger partial charge in [-0.1, -0.05) is 23.7 Å². The average molecular weight is 515 g/mol. The van der Waals surface area contributed by atoms with Crippen LogP contribution >= 0.6 is 11.6 Å². The summed E-state index contributed by atoms with van der Waals surface area (Å²) in [6, 6.07) is 9.05. The number of rotatable bonds is 7. The van der Waals surface area contributed by atoms with Crippen molar-refractivity contribution in [1.82, 2.24) is 20.1 Å². The third-order valence-corrected chi connectivity index (χ3v) is 7.34. The first-order chi connectivity index (χ1) is 17.4. The Morgan fingerprint density at radius 1 is 1.19 bits per heavy atom. The van der Waals surface area contributed by atoms with Crippen molar-refractivity contribution in [3.05, 3.63) is 58.4 Å². The molecule has 0 bridgehead atoms. The van der Waals surface area contributed by atoms with Gasteiger partial charge in [-0.2, -0.15) is 0 Å². The van der Waals surface area contributed by atoms with E-state index in [1.165, 1.54) is 0 Å². The Kier molecular flexibility index (Phi) is 7.59. The molecule has 0 radical (unpaired) electrons. The van der Waals surface area contributed by atoms with Crippen molar-refractivity contribution in [1.29, 1.82) is 0 Å². The largest absolute Gasteiger partial charge is 0.490 e. The summed E-state index contributed by atoms with van der Waals surface area (Å²) >= 11 is 5.94. The second-order valence-electron chi connectivity index (χ2n) is 9.68. The molecule has 3 aliphatic rings. The van der Waals surface area contributed by atoms with Crippen LogP contribution in [0.5, 0.6) is 5.75 Å². The number of likely N-dealkylation sites (tertiary alicyclic amines) is 1. The first-order valence-electron chi connectivity index (χ1n) is 12.5. The molecule has 2 aromatic rings. The van der Waals surface area contributed by atoms with E-state index in [0.717, 1.165) is 37.1 Å². The number of aromatic nitrogens is 1. The van der Waals surface area contributed by atoms with E-state index in [4.69, 9.17) is 21.1 Å². The molecule has 4 heterocycles. The predicted molar refractivity (Wildman–Crippen MR) is 133 cm³/mol. The van der Waals surface area contributed by atoms with Crippen LogP contribution in [0.1, 0.15) is 47.3 Å². The number of halogens is 1. The van der Waals surface area contributed by atoms with E-state index < -0.39 is 0 Å². The molecule has 3 aliphatic heterocycles. The minimum atomic E-state index is -0.285.